The largest absolute Gasteiger partial charge is 0.381 e. The molecule has 0 spiro atoms. The Kier molecular flexibility index (Phi) is 3.10. The molecule has 0 aliphatic carbocycles. The Morgan fingerprint density at radius 3 is 2.90 bits per heavy atom. The molecule has 1 aromatic rings. The number of ether oxygens (including phenoxy) is 1. The van der Waals surface area contributed by atoms with Crippen molar-refractivity contribution in [1.82, 2.24) is 0 Å². The second-order valence-corrected chi connectivity index (χ2v) is 4.88. The predicted octanol–water partition coefficient (Wildman–Crippen LogP) is 0.961. The van der Waals surface area contributed by atoms with E-state index in [2.05, 4.69) is 0 Å². The number of fused-ring (bicyclic) bond motifs is 1. The van der Waals surface area contributed by atoms with Crippen LogP contribution in [0.25, 0.3) is 0 Å². The normalized spacial score (nSPS) is 21.4. The smallest absolute Gasteiger partial charge is 0.299 e. The monoisotopic (exact) mass is 277 g/mol. The van der Waals surface area contributed by atoms with Gasteiger partial charge in [0.05, 0.1) is 24.4 Å². The molecule has 1 amide bonds. The molecule has 1 aromatic carbocycles. The molecule has 0 bridgehead atoms. The number of amides is 1. The predicted molar refractivity (Wildman–Crippen MR) is 67.0 cm³/mol. The van der Waals surface area contributed by atoms with Crippen molar-refractivity contribution in [2.75, 3.05) is 24.7 Å². The van der Waals surface area contributed by atoms with Crippen molar-refractivity contribution < 1.29 is 23.5 Å². The van der Waals surface area contributed by atoms with Crippen molar-refractivity contribution in [3.63, 3.8) is 0 Å². The average Bonchev–Trinajstić information content (AvgIpc) is 3.03. The van der Waals surface area contributed by atoms with Crippen LogP contribution in [0.3, 0.4) is 0 Å². The standard InChI is InChI=1S/C14H12FNO4/c15-10-3-1-2-9-12(10)16(14(19)13(9)18)6-11(17)8-4-5-20-7-8/h1-3,8H,4-7H2. The van der Waals surface area contributed by atoms with Gasteiger partial charge in [-0.05, 0) is 18.6 Å². The van der Waals surface area contributed by atoms with Gasteiger partial charge in [-0.15, -0.1) is 0 Å². The second-order valence-electron chi connectivity index (χ2n) is 4.88. The van der Waals surface area contributed by atoms with Crippen LogP contribution in [0.15, 0.2) is 18.2 Å². The number of nitrogens with zero attached hydrogens (tertiary/aromatic N) is 1. The van der Waals surface area contributed by atoms with Gasteiger partial charge in [0.25, 0.3) is 11.7 Å². The second kappa shape index (κ2) is 4.79. The summed E-state index contributed by atoms with van der Waals surface area (Å²) in [7, 11) is 0. The number of anilines is 1. The third kappa shape index (κ3) is 1.92. The van der Waals surface area contributed by atoms with E-state index in [1.165, 1.54) is 18.2 Å². The van der Waals surface area contributed by atoms with Crippen LogP contribution in [0.4, 0.5) is 10.1 Å². The van der Waals surface area contributed by atoms with E-state index >= 15 is 0 Å². The van der Waals surface area contributed by atoms with Crippen molar-refractivity contribution in [2.24, 2.45) is 5.92 Å². The Balaban J connectivity index is 1.89. The third-order valence-corrected chi connectivity index (χ3v) is 3.64. The number of carbonyl (C=O) groups excluding carboxylic acids is 3. The summed E-state index contributed by atoms with van der Waals surface area (Å²) in [6, 6.07) is 3.93. The van der Waals surface area contributed by atoms with Crippen molar-refractivity contribution in [1.29, 1.82) is 0 Å². The molecule has 0 saturated carbocycles. The minimum atomic E-state index is -0.850. The van der Waals surface area contributed by atoms with Crippen LogP contribution >= 0.6 is 0 Å². The summed E-state index contributed by atoms with van der Waals surface area (Å²) < 4.78 is 19.0. The molecule has 0 radical (unpaired) electrons. The van der Waals surface area contributed by atoms with Gasteiger partial charge in [0, 0.05) is 12.5 Å². The molecule has 6 heteroatoms. The number of Topliss-reactive ketones (excluding diaryl/α,β-unsaturated/α-hetero) is 2. The zero-order valence-electron chi connectivity index (χ0n) is 10.6. The van der Waals surface area contributed by atoms with Crippen molar-refractivity contribution in [3.8, 4) is 0 Å². The fraction of sp³-hybridized carbons (Fsp3) is 0.357. The number of para-hydroxylation sites is 1. The van der Waals surface area contributed by atoms with Gasteiger partial charge in [-0.25, -0.2) is 4.39 Å². The lowest BCUT2D eigenvalue weighted by Gasteiger charge is -2.17. The van der Waals surface area contributed by atoms with Gasteiger partial charge in [-0.1, -0.05) is 6.07 Å². The maximum absolute atomic E-state index is 13.8. The van der Waals surface area contributed by atoms with Gasteiger partial charge >= 0.3 is 0 Å². The number of benzene rings is 1. The van der Waals surface area contributed by atoms with Gasteiger partial charge < -0.3 is 4.74 Å². The molecule has 104 valence electrons. The number of hydrogen-bond acceptors (Lipinski definition) is 4. The zero-order chi connectivity index (χ0) is 14.3. The molecular weight excluding hydrogens is 265 g/mol. The van der Waals surface area contributed by atoms with E-state index < -0.39 is 17.5 Å². The number of rotatable bonds is 3. The highest BCUT2D eigenvalue weighted by Gasteiger charge is 2.39. The lowest BCUT2D eigenvalue weighted by atomic mass is 10.0. The van der Waals surface area contributed by atoms with E-state index in [-0.39, 0.29) is 29.5 Å². The number of carbonyl (C=O) groups is 3. The summed E-state index contributed by atoms with van der Waals surface area (Å²) >= 11 is 0. The first-order valence-electron chi connectivity index (χ1n) is 6.34. The fourth-order valence-electron chi connectivity index (χ4n) is 2.54. The van der Waals surface area contributed by atoms with Crippen LogP contribution in [-0.2, 0) is 14.3 Å². The van der Waals surface area contributed by atoms with Crippen LogP contribution in [0.1, 0.15) is 16.8 Å². The van der Waals surface area contributed by atoms with E-state index in [1.54, 1.807) is 0 Å². The Morgan fingerprint density at radius 1 is 1.40 bits per heavy atom. The molecule has 2 heterocycles. The molecule has 20 heavy (non-hydrogen) atoms. The highest BCUT2D eigenvalue weighted by molar-refractivity contribution is 6.52. The first-order chi connectivity index (χ1) is 9.59. The maximum atomic E-state index is 13.8. The first kappa shape index (κ1) is 12.9. The van der Waals surface area contributed by atoms with Crippen LogP contribution in [-0.4, -0.2) is 37.2 Å². The van der Waals surface area contributed by atoms with Crippen molar-refractivity contribution >= 4 is 23.2 Å². The van der Waals surface area contributed by atoms with Gasteiger partial charge in [-0.2, -0.15) is 0 Å². The molecular formula is C14H12FNO4. The minimum absolute atomic E-state index is 0.0190. The molecule has 0 aromatic heterocycles. The average molecular weight is 277 g/mol. The summed E-state index contributed by atoms with van der Waals surface area (Å²) in [5.74, 6) is -2.78. The Hall–Kier alpha value is -2.08. The van der Waals surface area contributed by atoms with Crippen molar-refractivity contribution in [2.45, 2.75) is 6.42 Å². The first-order valence-corrected chi connectivity index (χ1v) is 6.34. The molecule has 2 aliphatic rings. The number of ketones is 2. The Morgan fingerprint density at radius 2 is 2.20 bits per heavy atom. The lowest BCUT2D eigenvalue weighted by Crippen LogP contribution is -2.37. The Bertz CT molecular complexity index is 607. The molecule has 1 unspecified atom stereocenters. The van der Waals surface area contributed by atoms with Crippen LogP contribution < -0.4 is 4.90 Å². The van der Waals surface area contributed by atoms with Crippen LogP contribution in [0.2, 0.25) is 0 Å². The molecule has 5 nitrogen and oxygen atoms in total. The van der Waals surface area contributed by atoms with Gasteiger partial charge in [-0.3, -0.25) is 19.3 Å². The fourth-order valence-corrected chi connectivity index (χ4v) is 2.54. The van der Waals surface area contributed by atoms with E-state index in [0.29, 0.717) is 19.6 Å². The third-order valence-electron chi connectivity index (χ3n) is 3.64. The van der Waals surface area contributed by atoms with Crippen LogP contribution in [0, 0.1) is 11.7 Å². The maximum Gasteiger partial charge on any atom is 0.299 e. The summed E-state index contributed by atoms with van der Waals surface area (Å²) in [4.78, 5) is 36.7. The SMILES string of the molecule is O=C1C(=O)N(CC(=O)C2CCOC2)c2c(F)cccc21. The molecule has 1 fully saturated rings. The van der Waals surface area contributed by atoms with E-state index in [4.69, 9.17) is 4.74 Å². The zero-order valence-corrected chi connectivity index (χ0v) is 10.6. The quantitative estimate of drug-likeness (QED) is 0.772. The van der Waals surface area contributed by atoms with Gasteiger partial charge in [0.2, 0.25) is 0 Å². The van der Waals surface area contributed by atoms with Crippen LogP contribution in [0.5, 0.6) is 0 Å². The van der Waals surface area contributed by atoms with E-state index in [1.807, 2.05) is 0 Å². The van der Waals surface area contributed by atoms with E-state index in [0.717, 1.165) is 4.90 Å². The summed E-state index contributed by atoms with van der Waals surface area (Å²) in [6.07, 6.45) is 0.596. The summed E-state index contributed by atoms with van der Waals surface area (Å²) in [5, 5.41) is 0. The molecule has 1 atom stereocenters. The van der Waals surface area contributed by atoms with E-state index in [9.17, 15) is 18.8 Å². The van der Waals surface area contributed by atoms with Gasteiger partial charge in [0.1, 0.15) is 5.82 Å². The lowest BCUT2D eigenvalue weighted by molar-refractivity contribution is -0.123. The highest BCUT2D eigenvalue weighted by atomic mass is 19.1. The molecule has 3 rings (SSSR count). The highest BCUT2D eigenvalue weighted by Crippen LogP contribution is 2.31. The summed E-state index contributed by atoms with van der Waals surface area (Å²) in [6.45, 7) is 0.541. The van der Waals surface area contributed by atoms with Gasteiger partial charge in [0.15, 0.2) is 5.78 Å². The summed E-state index contributed by atoms with van der Waals surface area (Å²) in [5.41, 5.74) is -0.0692. The number of halogens is 1. The topological polar surface area (TPSA) is 63.7 Å². The minimum Gasteiger partial charge on any atom is -0.381 e. The Labute approximate surface area is 114 Å². The molecule has 2 aliphatic heterocycles. The number of hydrogen-bond donors (Lipinski definition) is 0. The molecule has 1 saturated heterocycles. The molecule has 0 N–H and O–H groups in total. The van der Waals surface area contributed by atoms with Crippen molar-refractivity contribution in [3.05, 3.63) is 29.6 Å².